The Balaban J connectivity index is 1.76. The van der Waals surface area contributed by atoms with Crippen LogP contribution in [0.1, 0.15) is 18.6 Å². The molecule has 3 N–H and O–H groups in total. The number of fused-ring (bicyclic) bond motifs is 1. The van der Waals surface area contributed by atoms with Crippen molar-refractivity contribution in [2.24, 2.45) is 5.41 Å². The topological polar surface area (TPSA) is 116 Å². The number of ether oxygens (including phenoxy) is 1. The van der Waals surface area contributed by atoms with Gasteiger partial charge in [0.1, 0.15) is 5.37 Å². The average Bonchev–Trinajstić information content (AvgIpc) is 2.65. The summed E-state index contributed by atoms with van der Waals surface area (Å²) in [5.41, 5.74) is -2.25. The minimum Gasteiger partial charge on any atom is -0.481 e. The first-order valence-electron chi connectivity index (χ1n) is 8.01. The van der Waals surface area contributed by atoms with Gasteiger partial charge in [-0.1, -0.05) is 30.3 Å². The van der Waals surface area contributed by atoms with Crippen molar-refractivity contribution in [2.75, 3.05) is 19.4 Å². The number of β-lactam (4-membered cyclic amide) rings is 1. The molecule has 26 heavy (non-hydrogen) atoms. The van der Waals surface area contributed by atoms with E-state index in [-0.39, 0.29) is 12.3 Å². The Morgan fingerprint density at radius 1 is 1.38 bits per heavy atom. The lowest BCUT2D eigenvalue weighted by Crippen LogP contribution is -2.82. The summed E-state index contributed by atoms with van der Waals surface area (Å²) in [4.78, 5) is 37.9. The second-order valence-corrected chi connectivity index (χ2v) is 7.77. The van der Waals surface area contributed by atoms with Crippen LogP contribution in [0.3, 0.4) is 0 Å². The molecule has 0 aromatic heterocycles. The lowest BCUT2D eigenvalue weighted by molar-refractivity contribution is -0.201. The van der Waals surface area contributed by atoms with E-state index in [4.69, 9.17) is 4.74 Å². The maximum absolute atomic E-state index is 12.7. The lowest BCUT2D eigenvalue weighted by Gasteiger charge is -2.58. The maximum atomic E-state index is 12.7. The fraction of sp³-hybridized carbons (Fsp3) is 0.471. The number of aliphatic carboxylic acids is 1. The molecular formula is C17H20N2O6S. The van der Waals surface area contributed by atoms with Gasteiger partial charge < -0.3 is 25.2 Å². The van der Waals surface area contributed by atoms with Crippen LogP contribution in [0.15, 0.2) is 30.3 Å². The van der Waals surface area contributed by atoms with Crippen LogP contribution in [0.4, 0.5) is 0 Å². The Labute approximate surface area is 154 Å². The number of aliphatic hydroxyl groups excluding tert-OH is 1. The van der Waals surface area contributed by atoms with E-state index < -0.39 is 40.4 Å². The zero-order chi connectivity index (χ0) is 19.1. The van der Waals surface area contributed by atoms with Gasteiger partial charge in [-0.15, -0.1) is 11.8 Å². The van der Waals surface area contributed by atoms with E-state index in [2.05, 4.69) is 5.32 Å². The molecule has 1 aromatic carbocycles. The Morgan fingerprint density at radius 3 is 2.62 bits per heavy atom. The number of carboxylic acids is 1. The van der Waals surface area contributed by atoms with Gasteiger partial charge in [0.15, 0.2) is 6.10 Å². The summed E-state index contributed by atoms with van der Waals surface area (Å²) in [5.74, 6) is -1.97. The summed E-state index contributed by atoms with van der Waals surface area (Å²) in [5, 5.41) is 21.6. The van der Waals surface area contributed by atoms with Crippen LogP contribution in [-0.4, -0.2) is 63.4 Å². The molecule has 2 amide bonds. The minimum absolute atomic E-state index is 0.0427. The molecule has 2 fully saturated rings. The van der Waals surface area contributed by atoms with E-state index in [9.17, 15) is 24.6 Å². The van der Waals surface area contributed by atoms with Crippen LogP contribution < -0.4 is 5.32 Å². The maximum Gasteiger partial charge on any atom is 0.312 e. The number of rotatable bonds is 5. The second-order valence-electron chi connectivity index (χ2n) is 6.70. The monoisotopic (exact) mass is 380 g/mol. The van der Waals surface area contributed by atoms with Crippen molar-refractivity contribution in [1.82, 2.24) is 10.2 Å². The van der Waals surface area contributed by atoms with Crippen molar-refractivity contribution in [3.05, 3.63) is 35.9 Å². The van der Waals surface area contributed by atoms with Crippen molar-refractivity contribution >= 4 is 29.5 Å². The number of carbonyl (C=O) groups excluding carboxylic acids is 2. The SMILES string of the molecule is COC1(NC(=O)C(O)c2ccccc2)C(=O)N2CC(C)(C(=O)O)CS[C@@H]21. The van der Waals surface area contributed by atoms with Gasteiger partial charge in [0.25, 0.3) is 17.5 Å². The highest BCUT2D eigenvalue weighted by Gasteiger charge is 2.67. The predicted octanol–water partition coefficient (Wildman–Crippen LogP) is 0.185. The second kappa shape index (κ2) is 6.57. The average molecular weight is 380 g/mol. The highest BCUT2D eigenvalue weighted by molar-refractivity contribution is 8.00. The highest BCUT2D eigenvalue weighted by atomic mass is 32.2. The molecular weight excluding hydrogens is 360 g/mol. The number of hydrogen-bond acceptors (Lipinski definition) is 6. The number of methoxy groups -OCH3 is 1. The molecule has 1 aromatic rings. The van der Waals surface area contributed by atoms with Crippen LogP contribution in [0.25, 0.3) is 0 Å². The number of thioether (sulfide) groups is 1. The van der Waals surface area contributed by atoms with E-state index in [0.717, 1.165) is 0 Å². The molecule has 3 unspecified atom stereocenters. The standard InChI is InChI=1S/C17H20N2O6S/c1-16(15(23)24)8-19-13(22)17(25-2,14(19)26-9-16)18-12(21)11(20)10-6-4-3-5-7-10/h3-7,11,14,20H,8-9H2,1-2H3,(H,18,21)(H,23,24)/t11?,14-,16?,17?/m1/s1. The molecule has 0 radical (unpaired) electrons. The summed E-state index contributed by atoms with van der Waals surface area (Å²) in [6.45, 7) is 1.62. The highest BCUT2D eigenvalue weighted by Crippen LogP contribution is 2.47. The number of nitrogens with one attached hydrogen (secondary N) is 1. The largest absolute Gasteiger partial charge is 0.481 e. The Morgan fingerprint density at radius 2 is 2.04 bits per heavy atom. The molecule has 0 spiro atoms. The van der Waals surface area contributed by atoms with Gasteiger partial charge in [0.2, 0.25) is 0 Å². The number of hydrogen-bond donors (Lipinski definition) is 3. The fourth-order valence-electron chi connectivity index (χ4n) is 3.15. The normalized spacial score (nSPS) is 31.6. The third-order valence-corrected chi connectivity index (χ3v) is 6.51. The van der Waals surface area contributed by atoms with Gasteiger partial charge in [-0.3, -0.25) is 14.4 Å². The van der Waals surface area contributed by atoms with E-state index in [1.54, 1.807) is 37.3 Å². The van der Waals surface area contributed by atoms with Crippen molar-refractivity contribution < 1.29 is 29.3 Å². The molecule has 0 saturated carbocycles. The zero-order valence-corrected chi connectivity index (χ0v) is 15.2. The van der Waals surface area contributed by atoms with Crippen molar-refractivity contribution in [3.63, 3.8) is 0 Å². The van der Waals surface area contributed by atoms with Crippen LogP contribution in [0.5, 0.6) is 0 Å². The van der Waals surface area contributed by atoms with Crippen molar-refractivity contribution in [2.45, 2.75) is 24.1 Å². The predicted molar refractivity (Wildman–Crippen MR) is 93.0 cm³/mol. The third-order valence-electron chi connectivity index (χ3n) is 4.80. The summed E-state index contributed by atoms with van der Waals surface area (Å²) in [7, 11) is 1.30. The number of amides is 2. The molecule has 0 aliphatic carbocycles. The Bertz CT molecular complexity index is 744. The van der Waals surface area contributed by atoms with E-state index in [1.165, 1.54) is 23.8 Å². The Kier molecular flexibility index (Phi) is 4.72. The lowest BCUT2D eigenvalue weighted by atomic mass is 9.88. The van der Waals surface area contributed by atoms with Crippen LogP contribution >= 0.6 is 11.8 Å². The molecule has 2 heterocycles. The van der Waals surface area contributed by atoms with Crippen molar-refractivity contribution in [3.8, 4) is 0 Å². The summed E-state index contributed by atoms with van der Waals surface area (Å²) >= 11 is 1.24. The van der Waals surface area contributed by atoms with Gasteiger partial charge in [-0.2, -0.15) is 0 Å². The smallest absolute Gasteiger partial charge is 0.312 e. The van der Waals surface area contributed by atoms with Gasteiger partial charge in [-0.05, 0) is 12.5 Å². The van der Waals surface area contributed by atoms with Gasteiger partial charge in [0, 0.05) is 19.4 Å². The van der Waals surface area contributed by atoms with E-state index >= 15 is 0 Å². The van der Waals surface area contributed by atoms with E-state index in [1.807, 2.05) is 0 Å². The molecule has 4 atom stereocenters. The van der Waals surface area contributed by atoms with Gasteiger partial charge in [-0.25, -0.2) is 0 Å². The number of benzene rings is 1. The number of carboxylic acid groups (broad SMARTS) is 1. The Hall–Kier alpha value is -2.10. The number of carbonyl (C=O) groups is 3. The molecule has 140 valence electrons. The van der Waals surface area contributed by atoms with Crippen LogP contribution in [-0.2, 0) is 19.1 Å². The summed E-state index contributed by atoms with van der Waals surface area (Å²) in [6, 6.07) is 8.35. The minimum atomic E-state index is -1.60. The fourth-order valence-corrected chi connectivity index (χ4v) is 4.73. The number of aliphatic hydroxyl groups is 1. The number of nitrogens with zero attached hydrogens (tertiary/aromatic N) is 1. The molecule has 2 saturated heterocycles. The molecule has 2 aliphatic rings. The molecule has 2 aliphatic heterocycles. The van der Waals surface area contributed by atoms with Gasteiger partial charge in [0.05, 0.1) is 5.41 Å². The van der Waals surface area contributed by atoms with Crippen LogP contribution in [0.2, 0.25) is 0 Å². The zero-order valence-electron chi connectivity index (χ0n) is 14.3. The first-order valence-corrected chi connectivity index (χ1v) is 9.06. The first kappa shape index (κ1) is 18.7. The molecule has 0 bridgehead atoms. The summed E-state index contributed by atoms with van der Waals surface area (Å²) in [6.07, 6.45) is -1.44. The molecule has 3 rings (SSSR count). The van der Waals surface area contributed by atoms with Crippen LogP contribution in [0, 0.1) is 5.41 Å². The molecule has 8 nitrogen and oxygen atoms in total. The van der Waals surface area contributed by atoms with Crippen molar-refractivity contribution in [1.29, 1.82) is 0 Å². The quantitative estimate of drug-likeness (QED) is 0.493. The first-order chi connectivity index (χ1) is 12.2. The summed E-state index contributed by atoms with van der Waals surface area (Å²) < 4.78 is 5.34. The molecule has 9 heteroatoms. The van der Waals surface area contributed by atoms with E-state index in [0.29, 0.717) is 5.56 Å². The third kappa shape index (κ3) is 2.76. The van der Waals surface area contributed by atoms with Gasteiger partial charge >= 0.3 is 5.97 Å².